The van der Waals surface area contributed by atoms with Gasteiger partial charge in [-0.25, -0.2) is 0 Å². The molecule has 0 aliphatic heterocycles. The quantitative estimate of drug-likeness (QED) is 0.510. The maximum atomic E-state index is 5.00. The molecule has 0 heterocycles. The van der Waals surface area contributed by atoms with Crippen LogP contribution in [0.15, 0.2) is 35.2 Å². The lowest BCUT2D eigenvalue weighted by Gasteiger charge is -2.01. The minimum atomic E-state index is 0.888. The molecule has 0 radical (unpaired) electrons. The van der Waals surface area contributed by atoms with Crippen LogP contribution in [0.3, 0.4) is 0 Å². The molecule has 1 nitrogen and oxygen atoms in total. The van der Waals surface area contributed by atoms with Gasteiger partial charge in [-0.3, -0.25) is 0 Å². The molecule has 0 unspecified atom stereocenters. The van der Waals surface area contributed by atoms with Crippen LogP contribution >= 0.6 is 23.5 Å². The summed E-state index contributed by atoms with van der Waals surface area (Å²) in [6.45, 7) is 0.888. The summed E-state index contributed by atoms with van der Waals surface area (Å²) in [6, 6.07) is 10.6. The van der Waals surface area contributed by atoms with Gasteiger partial charge in [0.05, 0.1) is 0 Å². The molecule has 0 aromatic heterocycles. The van der Waals surface area contributed by atoms with E-state index in [2.05, 4.69) is 30.3 Å². The van der Waals surface area contributed by atoms with Gasteiger partial charge in [-0.05, 0) is 24.3 Å². The molecule has 0 spiro atoms. The molecule has 0 amide bonds. The highest BCUT2D eigenvalue weighted by molar-refractivity contribution is 8.02. The van der Waals surface area contributed by atoms with Gasteiger partial charge in [0, 0.05) is 30.1 Å². The molecule has 0 N–H and O–H groups in total. The zero-order chi connectivity index (χ0) is 10.8. The topological polar surface area (TPSA) is 9.23 Å². The van der Waals surface area contributed by atoms with Crippen LogP contribution in [0, 0.1) is 0 Å². The summed E-state index contributed by atoms with van der Waals surface area (Å²) in [6.07, 6.45) is 1.16. The SMILES string of the molecule is COCCCSCCSc1ccccc1. The Labute approximate surface area is 101 Å². The molecule has 3 heteroatoms. The van der Waals surface area contributed by atoms with Crippen LogP contribution < -0.4 is 0 Å². The molecule has 84 valence electrons. The van der Waals surface area contributed by atoms with Crippen molar-refractivity contribution in [3.05, 3.63) is 30.3 Å². The van der Waals surface area contributed by atoms with Crippen LogP contribution in [0.4, 0.5) is 0 Å². The Balaban J connectivity index is 1.93. The van der Waals surface area contributed by atoms with E-state index in [0.717, 1.165) is 13.0 Å². The highest BCUT2D eigenvalue weighted by Gasteiger charge is 1.93. The van der Waals surface area contributed by atoms with Gasteiger partial charge >= 0.3 is 0 Å². The van der Waals surface area contributed by atoms with Crippen molar-refractivity contribution in [1.82, 2.24) is 0 Å². The molecule has 15 heavy (non-hydrogen) atoms. The molecule has 1 aromatic rings. The summed E-state index contributed by atoms with van der Waals surface area (Å²) < 4.78 is 5.00. The summed E-state index contributed by atoms with van der Waals surface area (Å²) in [5, 5.41) is 0. The fourth-order valence-corrected chi connectivity index (χ4v) is 3.06. The molecule has 0 atom stereocenters. The molecule has 0 aliphatic carbocycles. The van der Waals surface area contributed by atoms with Gasteiger partial charge in [-0.1, -0.05) is 18.2 Å². The number of ether oxygens (including phenoxy) is 1. The largest absolute Gasteiger partial charge is 0.385 e. The van der Waals surface area contributed by atoms with Crippen molar-refractivity contribution < 1.29 is 4.74 Å². The molecule has 0 bridgehead atoms. The molecule has 0 fully saturated rings. The van der Waals surface area contributed by atoms with Crippen molar-refractivity contribution in [2.24, 2.45) is 0 Å². The van der Waals surface area contributed by atoms with Gasteiger partial charge in [0.2, 0.25) is 0 Å². The second-order valence-electron chi connectivity index (χ2n) is 3.12. The Morgan fingerprint density at radius 2 is 1.87 bits per heavy atom. The van der Waals surface area contributed by atoms with Crippen molar-refractivity contribution >= 4 is 23.5 Å². The maximum Gasteiger partial charge on any atom is 0.0470 e. The monoisotopic (exact) mass is 242 g/mol. The Morgan fingerprint density at radius 1 is 1.07 bits per heavy atom. The molecular formula is C12H18OS2. The second-order valence-corrected chi connectivity index (χ2v) is 5.51. The Bertz CT molecular complexity index is 239. The number of hydrogen-bond acceptors (Lipinski definition) is 3. The first-order chi connectivity index (χ1) is 7.43. The minimum Gasteiger partial charge on any atom is -0.385 e. The Hall–Kier alpha value is -0.120. The first-order valence-electron chi connectivity index (χ1n) is 5.18. The highest BCUT2D eigenvalue weighted by atomic mass is 32.2. The molecule has 1 rings (SSSR count). The summed E-state index contributed by atoms with van der Waals surface area (Å²) in [4.78, 5) is 1.37. The van der Waals surface area contributed by atoms with Crippen molar-refractivity contribution in [2.45, 2.75) is 11.3 Å². The third-order valence-electron chi connectivity index (χ3n) is 1.88. The first kappa shape index (κ1) is 12.9. The molecule has 0 aliphatic rings. The zero-order valence-corrected chi connectivity index (χ0v) is 10.8. The summed E-state index contributed by atoms with van der Waals surface area (Å²) in [7, 11) is 1.76. The Morgan fingerprint density at radius 3 is 2.60 bits per heavy atom. The van der Waals surface area contributed by atoms with E-state index in [1.807, 2.05) is 23.5 Å². The lowest BCUT2D eigenvalue weighted by atomic mass is 10.4. The van der Waals surface area contributed by atoms with Gasteiger partial charge < -0.3 is 4.74 Å². The molecular weight excluding hydrogens is 224 g/mol. The number of thioether (sulfide) groups is 2. The predicted molar refractivity (Wildman–Crippen MR) is 71.0 cm³/mol. The maximum absolute atomic E-state index is 5.00. The predicted octanol–water partition coefficient (Wildman–Crippen LogP) is 3.55. The van der Waals surface area contributed by atoms with E-state index in [0.29, 0.717) is 0 Å². The lowest BCUT2D eigenvalue weighted by molar-refractivity contribution is 0.200. The van der Waals surface area contributed by atoms with Crippen molar-refractivity contribution in [3.8, 4) is 0 Å². The average molecular weight is 242 g/mol. The van der Waals surface area contributed by atoms with Crippen molar-refractivity contribution in [3.63, 3.8) is 0 Å². The normalized spacial score (nSPS) is 10.5. The molecule has 0 saturated carbocycles. The Kier molecular flexibility index (Phi) is 7.88. The van der Waals surface area contributed by atoms with E-state index in [1.54, 1.807) is 7.11 Å². The smallest absolute Gasteiger partial charge is 0.0470 e. The fraction of sp³-hybridized carbons (Fsp3) is 0.500. The van der Waals surface area contributed by atoms with Gasteiger partial charge in [0.1, 0.15) is 0 Å². The number of benzene rings is 1. The number of hydrogen-bond donors (Lipinski definition) is 0. The van der Waals surface area contributed by atoms with E-state index in [1.165, 1.54) is 22.2 Å². The molecule has 0 saturated heterocycles. The van der Waals surface area contributed by atoms with Crippen LogP contribution in [-0.2, 0) is 4.74 Å². The summed E-state index contributed by atoms with van der Waals surface area (Å²) in [5.41, 5.74) is 0. The van der Waals surface area contributed by atoms with Gasteiger partial charge in [0.25, 0.3) is 0 Å². The van der Waals surface area contributed by atoms with Crippen LogP contribution in [0.5, 0.6) is 0 Å². The van der Waals surface area contributed by atoms with E-state index in [9.17, 15) is 0 Å². The number of rotatable bonds is 8. The van der Waals surface area contributed by atoms with E-state index >= 15 is 0 Å². The van der Waals surface area contributed by atoms with Gasteiger partial charge in [-0.2, -0.15) is 11.8 Å². The van der Waals surface area contributed by atoms with Crippen LogP contribution in [0.25, 0.3) is 0 Å². The van der Waals surface area contributed by atoms with Gasteiger partial charge in [0.15, 0.2) is 0 Å². The summed E-state index contributed by atoms with van der Waals surface area (Å²) in [5.74, 6) is 3.63. The third kappa shape index (κ3) is 6.88. The van der Waals surface area contributed by atoms with Gasteiger partial charge in [-0.15, -0.1) is 11.8 Å². The van der Waals surface area contributed by atoms with E-state index in [4.69, 9.17) is 4.74 Å². The second kappa shape index (κ2) is 9.13. The fourth-order valence-electron chi connectivity index (χ4n) is 1.14. The highest BCUT2D eigenvalue weighted by Crippen LogP contribution is 2.18. The van der Waals surface area contributed by atoms with Crippen LogP contribution in [0.1, 0.15) is 6.42 Å². The van der Waals surface area contributed by atoms with Crippen LogP contribution in [0.2, 0.25) is 0 Å². The number of methoxy groups -OCH3 is 1. The zero-order valence-electron chi connectivity index (χ0n) is 9.15. The minimum absolute atomic E-state index is 0.888. The third-order valence-corrected chi connectivity index (χ3v) is 4.22. The van der Waals surface area contributed by atoms with E-state index in [-0.39, 0.29) is 0 Å². The standard InChI is InChI=1S/C12H18OS2/c1-13-8-5-9-14-10-11-15-12-6-3-2-4-7-12/h2-4,6-7H,5,8-11H2,1H3. The molecule has 1 aromatic carbocycles. The average Bonchev–Trinajstić information content (AvgIpc) is 2.29. The summed E-state index contributed by atoms with van der Waals surface area (Å²) >= 11 is 3.94. The van der Waals surface area contributed by atoms with Crippen molar-refractivity contribution in [1.29, 1.82) is 0 Å². The van der Waals surface area contributed by atoms with Crippen LogP contribution in [-0.4, -0.2) is 31.0 Å². The van der Waals surface area contributed by atoms with Crippen molar-refractivity contribution in [2.75, 3.05) is 31.0 Å². The lowest BCUT2D eigenvalue weighted by Crippen LogP contribution is -1.92. The van der Waals surface area contributed by atoms with E-state index < -0.39 is 0 Å². The first-order valence-corrected chi connectivity index (χ1v) is 7.32.